The molecule has 0 amide bonds. The average molecular weight is 670 g/mol. The maximum atomic E-state index is 4.94. The summed E-state index contributed by atoms with van der Waals surface area (Å²) in [6.07, 6.45) is 10.7. The molecule has 0 aliphatic carbocycles. The van der Waals surface area contributed by atoms with Gasteiger partial charge in [-0.15, -0.1) is 0 Å². The average Bonchev–Trinajstić information content (AvgIpc) is 3.18. The van der Waals surface area contributed by atoms with Crippen molar-refractivity contribution < 1.29 is 0 Å². The molecular formula is C51H43N. The van der Waals surface area contributed by atoms with Crippen molar-refractivity contribution in [2.45, 2.75) is 27.7 Å². The molecule has 52 heavy (non-hydrogen) atoms. The molecular weight excluding hydrogens is 627 g/mol. The van der Waals surface area contributed by atoms with Crippen LogP contribution < -0.4 is 0 Å². The second-order valence-corrected chi connectivity index (χ2v) is 13.4. The Bertz CT molecular complexity index is 2640. The molecule has 0 heterocycles. The van der Waals surface area contributed by atoms with Gasteiger partial charge in [-0.3, -0.25) is 4.99 Å². The largest absolute Gasteiger partial charge is 0.253 e. The molecule has 0 saturated carbocycles. The van der Waals surface area contributed by atoms with Crippen molar-refractivity contribution in [3.05, 3.63) is 198 Å². The second kappa shape index (κ2) is 14.9. The number of nitrogens with zero attached hydrogens (tertiary/aromatic N) is 1. The third-order valence-electron chi connectivity index (χ3n) is 10.0. The summed E-state index contributed by atoms with van der Waals surface area (Å²) in [6.45, 7) is 17.3. The number of aryl methyl sites for hydroxylation is 1. The summed E-state index contributed by atoms with van der Waals surface area (Å²) >= 11 is 0. The standard InChI is InChI=1S/C51H43N/c1-7-38(37(6)52-49-24-16-9-17-35(49)4)26-25-34(3)36(5)31-48-45(8-2)50(43-29-27-39-18-10-12-20-41(39)32-43)46-22-14-15-23-47(46)51(48)44-30-28-40-19-11-13-21-42(40)33-44/h7-33H,2-3H2,1,4-6H3/b26-25-,36-31+,38-7+,52-37+. The maximum absolute atomic E-state index is 4.94. The molecule has 7 aromatic rings. The molecule has 0 saturated heterocycles. The summed E-state index contributed by atoms with van der Waals surface area (Å²) in [5.41, 5.74) is 13.1. The quantitative estimate of drug-likeness (QED) is 0.107. The van der Waals surface area contributed by atoms with Crippen LogP contribution in [-0.4, -0.2) is 5.71 Å². The van der Waals surface area contributed by atoms with Gasteiger partial charge in [-0.1, -0.05) is 159 Å². The molecule has 0 fully saturated rings. The summed E-state index contributed by atoms with van der Waals surface area (Å²) in [6, 6.07) is 47.7. The summed E-state index contributed by atoms with van der Waals surface area (Å²) in [5, 5.41) is 7.27. The van der Waals surface area contributed by atoms with Crippen molar-refractivity contribution in [3.8, 4) is 22.3 Å². The van der Waals surface area contributed by atoms with Gasteiger partial charge in [-0.2, -0.15) is 0 Å². The lowest BCUT2D eigenvalue weighted by Crippen LogP contribution is -1.97. The minimum Gasteiger partial charge on any atom is -0.253 e. The lowest BCUT2D eigenvalue weighted by molar-refractivity contribution is 1.38. The van der Waals surface area contributed by atoms with Gasteiger partial charge in [0.1, 0.15) is 0 Å². The fourth-order valence-corrected chi connectivity index (χ4v) is 7.14. The van der Waals surface area contributed by atoms with E-state index in [4.69, 9.17) is 4.99 Å². The zero-order valence-electron chi connectivity index (χ0n) is 30.4. The highest BCUT2D eigenvalue weighted by atomic mass is 14.7. The number of benzene rings is 7. The fourth-order valence-electron chi connectivity index (χ4n) is 7.14. The van der Waals surface area contributed by atoms with Gasteiger partial charge in [0.2, 0.25) is 0 Å². The highest BCUT2D eigenvalue weighted by molar-refractivity contribution is 6.13. The smallest absolute Gasteiger partial charge is 0.0662 e. The van der Waals surface area contributed by atoms with Crippen LogP contribution in [0.4, 0.5) is 5.69 Å². The Hall–Kier alpha value is -6.31. The number of aliphatic imine (C=N–C) groups is 1. The molecule has 252 valence electrons. The van der Waals surface area contributed by atoms with Crippen LogP contribution in [0.25, 0.3) is 66.7 Å². The SMILES string of the molecule is C=Cc1c(/C=C(\C)C(=C)\C=C/C(=C\C)C(/C)=N/c2ccccc2C)c(-c2ccc3ccccc3c2)c2ccccc2c1-c1ccc2ccccc2c1. The molecule has 0 aliphatic rings. The molecule has 0 aromatic heterocycles. The number of hydrogen-bond donors (Lipinski definition) is 0. The van der Waals surface area contributed by atoms with E-state index in [1.807, 2.05) is 18.2 Å². The first-order valence-electron chi connectivity index (χ1n) is 17.9. The number of para-hydroxylation sites is 1. The van der Waals surface area contributed by atoms with Crippen LogP contribution in [0.3, 0.4) is 0 Å². The Balaban J connectivity index is 1.41. The van der Waals surface area contributed by atoms with E-state index >= 15 is 0 Å². The summed E-state index contributed by atoms with van der Waals surface area (Å²) < 4.78 is 0. The predicted molar refractivity (Wildman–Crippen MR) is 230 cm³/mol. The Morgan fingerprint density at radius 2 is 1.12 bits per heavy atom. The van der Waals surface area contributed by atoms with E-state index in [1.165, 1.54) is 54.6 Å². The molecule has 1 heteroatoms. The Labute approximate surface area is 308 Å². The van der Waals surface area contributed by atoms with Crippen LogP contribution in [0.15, 0.2) is 187 Å². The van der Waals surface area contributed by atoms with Crippen molar-refractivity contribution in [1.29, 1.82) is 0 Å². The molecule has 0 N–H and O–H groups in total. The fraction of sp³-hybridized carbons (Fsp3) is 0.0784. The first-order valence-corrected chi connectivity index (χ1v) is 17.9. The lowest BCUT2D eigenvalue weighted by Gasteiger charge is -2.21. The number of allylic oxidation sites excluding steroid dienone is 6. The van der Waals surface area contributed by atoms with Gasteiger partial charge >= 0.3 is 0 Å². The predicted octanol–water partition coefficient (Wildman–Crippen LogP) is 14.7. The van der Waals surface area contributed by atoms with Gasteiger partial charge in [-0.05, 0) is 134 Å². The zero-order chi connectivity index (χ0) is 36.2. The van der Waals surface area contributed by atoms with Crippen LogP contribution in [0.1, 0.15) is 37.5 Å². The van der Waals surface area contributed by atoms with Crippen LogP contribution in [0, 0.1) is 6.92 Å². The number of rotatable bonds is 9. The third kappa shape index (κ3) is 6.74. The lowest BCUT2D eigenvalue weighted by atomic mass is 9.82. The molecule has 0 atom stereocenters. The molecule has 1 nitrogen and oxygen atoms in total. The van der Waals surface area contributed by atoms with Gasteiger partial charge in [0.05, 0.1) is 5.69 Å². The van der Waals surface area contributed by atoms with Gasteiger partial charge in [-0.25, -0.2) is 0 Å². The van der Waals surface area contributed by atoms with Crippen molar-refractivity contribution in [3.63, 3.8) is 0 Å². The van der Waals surface area contributed by atoms with Crippen LogP contribution in [-0.2, 0) is 0 Å². The molecule has 0 aliphatic heterocycles. The highest BCUT2D eigenvalue weighted by Crippen LogP contribution is 2.45. The van der Waals surface area contributed by atoms with Crippen molar-refractivity contribution in [2.24, 2.45) is 4.99 Å². The number of fused-ring (bicyclic) bond motifs is 3. The molecule has 0 unspecified atom stereocenters. The van der Waals surface area contributed by atoms with E-state index in [-0.39, 0.29) is 0 Å². The Morgan fingerprint density at radius 1 is 0.596 bits per heavy atom. The normalized spacial score (nSPS) is 12.7. The first kappa shape index (κ1) is 34.2. The summed E-state index contributed by atoms with van der Waals surface area (Å²) in [4.78, 5) is 4.94. The third-order valence-corrected chi connectivity index (χ3v) is 10.0. The van der Waals surface area contributed by atoms with Gasteiger partial charge in [0.15, 0.2) is 0 Å². The van der Waals surface area contributed by atoms with E-state index in [9.17, 15) is 0 Å². The Morgan fingerprint density at radius 3 is 1.67 bits per heavy atom. The highest BCUT2D eigenvalue weighted by Gasteiger charge is 2.20. The summed E-state index contributed by atoms with van der Waals surface area (Å²) in [5.74, 6) is 0. The Kier molecular flexibility index (Phi) is 9.78. The molecule has 0 spiro atoms. The van der Waals surface area contributed by atoms with Gasteiger partial charge in [0.25, 0.3) is 0 Å². The maximum Gasteiger partial charge on any atom is 0.0662 e. The molecule has 7 rings (SSSR count). The van der Waals surface area contributed by atoms with E-state index in [0.717, 1.165) is 44.8 Å². The minimum atomic E-state index is 0.933. The molecule has 0 radical (unpaired) electrons. The van der Waals surface area contributed by atoms with Gasteiger partial charge < -0.3 is 0 Å². The summed E-state index contributed by atoms with van der Waals surface area (Å²) in [7, 11) is 0. The monoisotopic (exact) mass is 669 g/mol. The van der Waals surface area contributed by atoms with E-state index in [2.05, 4.69) is 186 Å². The zero-order valence-corrected chi connectivity index (χ0v) is 30.4. The van der Waals surface area contributed by atoms with Crippen molar-refractivity contribution in [2.75, 3.05) is 0 Å². The van der Waals surface area contributed by atoms with Crippen LogP contribution in [0.5, 0.6) is 0 Å². The topological polar surface area (TPSA) is 12.4 Å². The van der Waals surface area contributed by atoms with Crippen LogP contribution in [0.2, 0.25) is 0 Å². The van der Waals surface area contributed by atoms with Gasteiger partial charge in [0, 0.05) is 5.71 Å². The van der Waals surface area contributed by atoms with Crippen LogP contribution >= 0.6 is 0 Å². The van der Waals surface area contributed by atoms with Crippen molar-refractivity contribution >= 4 is 55.9 Å². The minimum absolute atomic E-state index is 0.933. The molecule has 7 aromatic carbocycles. The van der Waals surface area contributed by atoms with Crippen molar-refractivity contribution in [1.82, 2.24) is 0 Å². The van der Waals surface area contributed by atoms with E-state index in [1.54, 1.807) is 0 Å². The second-order valence-electron chi connectivity index (χ2n) is 13.4. The molecule has 0 bridgehead atoms. The first-order chi connectivity index (χ1) is 25.4. The number of hydrogen-bond acceptors (Lipinski definition) is 1. The van der Waals surface area contributed by atoms with E-state index < -0.39 is 0 Å². The van der Waals surface area contributed by atoms with E-state index in [0.29, 0.717) is 0 Å².